The molecular weight excluding hydrogens is 324 g/mol. The minimum atomic E-state index is -1.20. The van der Waals surface area contributed by atoms with Crippen molar-refractivity contribution in [3.63, 3.8) is 0 Å². The van der Waals surface area contributed by atoms with E-state index in [4.69, 9.17) is 28.4 Å². The van der Waals surface area contributed by atoms with E-state index in [9.17, 15) is 15.3 Å². The third-order valence-corrected chi connectivity index (χ3v) is 4.63. The van der Waals surface area contributed by atoms with Gasteiger partial charge in [-0.3, -0.25) is 0 Å². The molecule has 0 unspecified atom stereocenters. The van der Waals surface area contributed by atoms with Crippen molar-refractivity contribution in [1.82, 2.24) is 0 Å². The van der Waals surface area contributed by atoms with Crippen LogP contribution in [-0.2, 0) is 28.4 Å². The van der Waals surface area contributed by atoms with Crippen molar-refractivity contribution in [3.05, 3.63) is 0 Å². The second-order valence-corrected chi connectivity index (χ2v) is 6.12. The first-order valence-corrected chi connectivity index (χ1v) is 7.94. The normalized spacial score (nSPS) is 50.0. The highest BCUT2D eigenvalue weighted by molar-refractivity contribution is 4.93. The SMILES string of the molecule is CO[C@@H]1[C@@H](O)[C@H](C)O[C@@H](O[C@@H]2[C@@H](OC)[C@@H](OC)[C@H](O)O[C@H]2C)[C@@H]1O. The molecule has 0 saturated carbocycles. The van der Waals surface area contributed by atoms with E-state index in [2.05, 4.69) is 0 Å². The van der Waals surface area contributed by atoms with Gasteiger partial charge in [-0.2, -0.15) is 0 Å². The van der Waals surface area contributed by atoms with Crippen molar-refractivity contribution in [2.24, 2.45) is 0 Å². The number of rotatable bonds is 5. The number of aliphatic hydroxyl groups excluding tert-OH is 3. The largest absolute Gasteiger partial charge is 0.388 e. The van der Waals surface area contributed by atoms with Gasteiger partial charge in [0.15, 0.2) is 12.6 Å². The summed E-state index contributed by atoms with van der Waals surface area (Å²) in [7, 11) is 4.30. The number of hydrogen-bond acceptors (Lipinski definition) is 9. The molecule has 142 valence electrons. The highest BCUT2D eigenvalue weighted by Crippen LogP contribution is 2.31. The molecular formula is C15H28O9. The van der Waals surface area contributed by atoms with Gasteiger partial charge in [0.25, 0.3) is 0 Å². The Hall–Kier alpha value is -0.360. The van der Waals surface area contributed by atoms with Crippen LogP contribution in [0, 0.1) is 0 Å². The van der Waals surface area contributed by atoms with Gasteiger partial charge in [0.2, 0.25) is 0 Å². The maximum absolute atomic E-state index is 10.4. The monoisotopic (exact) mass is 352 g/mol. The molecule has 10 atom stereocenters. The lowest BCUT2D eigenvalue weighted by Crippen LogP contribution is -2.63. The van der Waals surface area contributed by atoms with E-state index in [-0.39, 0.29) is 0 Å². The van der Waals surface area contributed by atoms with Crippen molar-refractivity contribution < 1.29 is 43.7 Å². The summed E-state index contributed by atoms with van der Waals surface area (Å²) < 4.78 is 32.7. The molecule has 2 saturated heterocycles. The van der Waals surface area contributed by atoms with E-state index in [0.717, 1.165) is 0 Å². The predicted octanol–water partition coefficient (Wildman–Crippen LogP) is -1.38. The third kappa shape index (κ3) is 3.74. The maximum atomic E-state index is 10.4. The van der Waals surface area contributed by atoms with Crippen LogP contribution in [0.1, 0.15) is 13.8 Å². The van der Waals surface area contributed by atoms with Gasteiger partial charge in [0.1, 0.15) is 36.6 Å². The molecule has 3 N–H and O–H groups in total. The van der Waals surface area contributed by atoms with E-state index in [1.807, 2.05) is 0 Å². The molecule has 9 heteroatoms. The Morgan fingerprint density at radius 2 is 1.25 bits per heavy atom. The van der Waals surface area contributed by atoms with Crippen LogP contribution in [0.5, 0.6) is 0 Å². The Balaban J connectivity index is 2.15. The minimum Gasteiger partial charge on any atom is -0.388 e. The van der Waals surface area contributed by atoms with Gasteiger partial charge in [-0.1, -0.05) is 0 Å². The van der Waals surface area contributed by atoms with Crippen LogP contribution in [-0.4, -0.2) is 98.1 Å². The molecule has 0 aromatic carbocycles. The lowest BCUT2D eigenvalue weighted by molar-refractivity contribution is -0.352. The second-order valence-electron chi connectivity index (χ2n) is 6.12. The molecule has 0 bridgehead atoms. The molecule has 2 rings (SSSR count). The van der Waals surface area contributed by atoms with Crippen molar-refractivity contribution in [2.75, 3.05) is 21.3 Å². The summed E-state index contributed by atoms with van der Waals surface area (Å²) in [5, 5.41) is 30.4. The minimum absolute atomic E-state index is 0.532. The van der Waals surface area contributed by atoms with E-state index in [1.54, 1.807) is 13.8 Å². The number of methoxy groups -OCH3 is 3. The fraction of sp³-hybridized carbons (Fsp3) is 1.00. The Labute approximate surface area is 141 Å². The quantitative estimate of drug-likeness (QED) is 0.550. The van der Waals surface area contributed by atoms with Crippen LogP contribution in [0.2, 0.25) is 0 Å². The molecule has 0 spiro atoms. The predicted molar refractivity (Wildman–Crippen MR) is 80.2 cm³/mol. The lowest BCUT2D eigenvalue weighted by Gasteiger charge is -2.46. The van der Waals surface area contributed by atoms with Crippen molar-refractivity contribution >= 4 is 0 Å². The van der Waals surface area contributed by atoms with E-state index in [1.165, 1.54) is 21.3 Å². The number of ether oxygens (including phenoxy) is 6. The smallest absolute Gasteiger partial charge is 0.187 e. The third-order valence-electron chi connectivity index (χ3n) is 4.63. The standard InChI is InChI=1S/C15H28O9/c1-6-8(16)11(19-3)9(17)15(23-6)24-10-7(2)22-14(18)13(21-5)12(10)20-4/h6-18H,1-5H3/t6-,7-,8-,9+,10-,11+,12+,13+,14+,15-/m0/s1. The summed E-state index contributed by atoms with van der Waals surface area (Å²) >= 11 is 0. The summed E-state index contributed by atoms with van der Waals surface area (Å²) in [6.07, 6.45) is -8.38. The zero-order valence-electron chi connectivity index (χ0n) is 14.6. The Morgan fingerprint density at radius 3 is 1.79 bits per heavy atom. The van der Waals surface area contributed by atoms with Crippen LogP contribution in [0.4, 0.5) is 0 Å². The van der Waals surface area contributed by atoms with Crippen LogP contribution in [0.3, 0.4) is 0 Å². The number of hydrogen-bond donors (Lipinski definition) is 3. The second kappa shape index (κ2) is 8.35. The molecule has 0 aromatic heterocycles. The fourth-order valence-corrected chi connectivity index (χ4v) is 3.24. The first-order valence-electron chi connectivity index (χ1n) is 7.94. The highest BCUT2D eigenvalue weighted by Gasteiger charge is 2.50. The summed E-state index contributed by atoms with van der Waals surface area (Å²) in [5.41, 5.74) is 0. The molecule has 0 aromatic rings. The Bertz CT molecular complexity index is 395. The zero-order valence-corrected chi connectivity index (χ0v) is 14.6. The first kappa shape index (κ1) is 20.0. The van der Waals surface area contributed by atoms with Crippen molar-refractivity contribution in [3.8, 4) is 0 Å². The molecule has 2 fully saturated rings. The molecule has 0 radical (unpaired) electrons. The maximum Gasteiger partial charge on any atom is 0.187 e. The van der Waals surface area contributed by atoms with Gasteiger partial charge in [-0.25, -0.2) is 0 Å². The molecule has 2 aliphatic heterocycles. The fourth-order valence-electron chi connectivity index (χ4n) is 3.24. The van der Waals surface area contributed by atoms with Crippen LogP contribution in [0.25, 0.3) is 0 Å². The van der Waals surface area contributed by atoms with E-state index < -0.39 is 61.4 Å². The molecule has 9 nitrogen and oxygen atoms in total. The zero-order chi connectivity index (χ0) is 18.0. The lowest BCUT2D eigenvalue weighted by atomic mass is 9.97. The summed E-state index contributed by atoms with van der Waals surface area (Å²) in [4.78, 5) is 0. The Morgan fingerprint density at radius 1 is 0.667 bits per heavy atom. The van der Waals surface area contributed by atoms with Gasteiger partial charge < -0.3 is 43.7 Å². The summed E-state index contributed by atoms with van der Waals surface area (Å²) in [6.45, 7) is 3.38. The van der Waals surface area contributed by atoms with E-state index >= 15 is 0 Å². The van der Waals surface area contributed by atoms with Gasteiger partial charge in [0.05, 0.1) is 12.2 Å². The molecule has 0 aliphatic carbocycles. The Kier molecular flexibility index (Phi) is 6.94. The van der Waals surface area contributed by atoms with Gasteiger partial charge >= 0.3 is 0 Å². The van der Waals surface area contributed by atoms with Gasteiger partial charge in [-0.15, -0.1) is 0 Å². The average molecular weight is 352 g/mol. The van der Waals surface area contributed by atoms with Crippen LogP contribution < -0.4 is 0 Å². The molecule has 2 heterocycles. The summed E-state index contributed by atoms with van der Waals surface area (Å²) in [5.74, 6) is 0. The summed E-state index contributed by atoms with van der Waals surface area (Å²) in [6, 6.07) is 0. The molecule has 0 amide bonds. The molecule has 2 aliphatic rings. The van der Waals surface area contributed by atoms with Crippen molar-refractivity contribution in [2.45, 2.75) is 75.3 Å². The first-order chi connectivity index (χ1) is 11.3. The van der Waals surface area contributed by atoms with Crippen LogP contribution in [0.15, 0.2) is 0 Å². The van der Waals surface area contributed by atoms with E-state index in [0.29, 0.717) is 0 Å². The van der Waals surface area contributed by atoms with Gasteiger partial charge in [-0.05, 0) is 13.8 Å². The topological polar surface area (TPSA) is 116 Å². The average Bonchev–Trinajstić information content (AvgIpc) is 2.54. The number of aliphatic hydroxyl groups is 3. The molecule has 24 heavy (non-hydrogen) atoms. The van der Waals surface area contributed by atoms with Crippen molar-refractivity contribution in [1.29, 1.82) is 0 Å². The highest BCUT2D eigenvalue weighted by atomic mass is 16.7. The van der Waals surface area contributed by atoms with Gasteiger partial charge in [0, 0.05) is 21.3 Å². The van der Waals surface area contributed by atoms with Crippen LogP contribution >= 0.6 is 0 Å².